The molecule has 2 aromatic heterocycles. The lowest BCUT2D eigenvalue weighted by Crippen LogP contribution is -2.29. The normalized spacial score (nSPS) is 10.8. The van der Waals surface area contributed by atoms with Crippen LogP contribution in [0.2, 0.25) is 0 Å². The summed E-state index contributed by atoms with van der Waals surface area (Å²) in [6.45, 7) is 2.01. The summed E-state index contributed by atoms with van der Waals surface area (Å²) < 4.78 is 1.67. The van der Waals surface area contributed by atoms with E-state index in [1.165, 1.54) is 17.2 Å². The van der Waals surface area contributed by atoms with Gasteiger partial charge in [0.2, 0.25) is 0 Å². The van der Waals surface area contributed by atoms with Crippen LogP contribution in [-0.4, -0.2) is 42.8 Å². The van der Waals surface area contributed by atoms with E-state index in [-0.39, 0.29) is 29.2 Å². The number of nitrogens with zero attached hydrogens (tertiary/aromatic N) is 3. The molecule has 32 heavy (non-hydrogen) atoms. The van der Waals surface area contributed by atoms with Crippen LogP contribution in [0.4, 0.5) is 0 Å². The van der Waals surface area contributed by atoms with Gasteiger partial charge in [-0.05, 0) is 36.8 Å². The van der Waals surface area contributed by atoms with Crippen LogP contribution in [-0.2, 0) is 6.54 Å². The molecule has 4 aromatic rings. The van der Waals surface area contributed by atoms with Crippen LogP contribution in [0.25, 0.3) is 16.9 Å². The number of aryl methyl sites for hydroxylation is 1. The Labute approximate surface area is 184 Å². The molecule has 2 heterocycles. The first-order valence-electron chi connectivity index (χ1n) is 9.95. The molecular weight excluding hydrogens is 408 g/mol. The monoisotopic (exact) mass is 430 g/mol. The largest absolute Gasteiger partial charge is 0.507 e. The zero-order valence-electron chi connectivity index (χ0n) is 17.6. The summed E-state index contributed by atoms with van der Waals surface area (Å²) in [5, 5.41) is 25.3. The number of aromatic amines is 1. The molecule has 0 radical (unpaired) electrons. The highest BCUT2D eigenvalue weighted by molar-refractivity contribution is 5.98. The predicted octanol–water partition coefficient (Wildman–Crippen LogP) is 3.22. The smallest absolute Gasteiger partial charge is 0.257 e. The van der Waals surface area contributed by atoms with Crippen LogP contribution >= 0.6 is 0 Å². The molecule has 2 aromatic carbocycles. The lowest BCUT2D eigenvalue weighted by molar-refractivity contribution is 0.0781. The Kier molecular flexibility index (Phi) is 5.51. The number of pyridine rings is 1. The van der Waals surface area contributed by atoms with E-state index in [2.05, 4.69) is 10.1 Å². The van der Waals surface area contributed by atoms with Crippen molar-refractivity contribution in [1.82, 2.24) is 19.7 Å². The number of amides is 1. The van der Waals surface area contributed by atoms with Gasteiger partial charge >= 0.3 is 0 Å². The highest BCUT2D eigenvalue weighted by Crippen LogP contribution is 2.36. The summed E-state index contributed by atoms with van der Waals surface area (Å²) >= 11 is 0. The predicted molar refractivity (Wildman–Crippen MR) is 120 cm³/mol. The van der Waals surface area contributed by atoms with Gasteiger partial charge in [0.25, 0.3) is 11.5 Å². The van der Waals surface area contributed by atoms with E-state index in [1.807, 2.05) is 31.2 Å². The molecule has 4 rings (SSSR count). The average molecular weight is 430 g/mol. The van der Waals surface area contributed by atoms with Crippen molar-refractivity contribution in [3.05, 3.63) is 94.0 Å². The first-order valence-corrected chi connectivity index (χ1v) is 9.95. The summed E-state index contributed by atoms with van der Waals surface area (Å²) in [7, 11) is 1.54. The maximum atomic E-state index is 13.1. The Hall–Kier alpha value is -4.33. The van der Waals surface area contributed by atoms with Gasteiger partial charge in [-0.25, -0.2) is 4.68 Å². The zero-order valence-corrected chi connectivity index (χ0v) is 17.6. The Balaban J connectivity index is 1.73. The fraction of sp³-hybridized carbons (Fsp3) is 0.125. The number of benzene rings is 2. The van der Waals surface area contributed by atoms with Gasteiger partial charge in [0.1, 0.15) is 11.5 Å². The van der Waals surface area contributed by atoms with Gasteiger partial charge in [-0.2, -0.15) is 5.10 Å². The van der Waals surface area contributed by atoms with Gasteiger partial charge in [-0.3, -0.25) is 9.59 Å². The number of H-pyrrole nitrogens is 1. The van der Waals surface area contributed by atoms with Crippen molar-refractivity contribution in [1.29, 1.82) is 0 Å². The molecule has 0 atom stereocenters. The highest BCUT2D eigenvalue weighted by atomic mass is 16.3. The topological polar surface area (TPSA) is 111 Å². The molecule has 0 aliphatic heterocycles. The van der Waals surface area contributed by atoms with E-state index in [4.69, 9.17) is 0 Å². The van der Waals surface area contributed by atoms with E-state index in [0.717, 1.165) is 17.3 Å². The van der Waals surface area contributed by atoms with Crippen LogP contribution in [0.15, 0.2) is 71.8 Å². The molecule has 162 valence electrons. The number of hydrogen-bond donors (Lipinski definition) is 3. The van der Waals surface area contributed by atoms with E-state index >= 15 is 0 Å². The molecular formula is C24H22N4O4. The molecule has 0 aliphatic rings. The molecule has 0 bridgehead atoms. The quantitative estimate of drug-likeness (QED) is 0.450. The number of carbonyl (C=O) groups is 1. The number of aromatic hydroxyl groups is 2. The van der Waals surface area contributed by atoms with Crippen LogP contribution in [0.3, 0.4) is 0 Å². The summed E-state index contributed by atoms with van der Waals surface area (Å²) in [6, 6.07) is 15.3. The number of hydrogen-bond acceptors (Lipinski definition) is 5. The fourth-order valence-electron chi connectivity index (χ4n) is 3.57. The first-order chi connectivity index (χ1) is 15.4. The van der Waals surface area contributed by atoms with Crippen LogP contribution in [0, 0.1) is 6.92 Å². The Morgan fingerprint density at radius 3 is 2.62 bits per heavy atom. The second-order valence-corrected chi connectivity index (χ2v) is 7.49. The summed E-state index contributed by atoms with van der Waals surface area (Å²) in [6.07, 6.45) is 3.12. The zero-order chi connectivity index (χ0) is 22.8. The molecule has 0 fully saturated rings. The molecule has 0 saturated heterocycles. The second-order valence-electron chi connectivity index (χ2n) is 7.49. The number of nitrogens with one attached hydrogen (secondary N) is 1. The Morgan fingerprint density at radius 2 is 1.88 bits per heavy atom. The van der Waals surface area contributed by atoms with Crippen LogP contribution < -0.4 is 5.56 Å². The van der Waals surface area contributed by atoms with Gasteiger partial charge in [0.05, 0.1) is 29.7 Å². The molecule has 3 N–H and O–H groups in total. The van der Waals surface area contributed by atoms with E-state index < -0.39 is 5.91 Å². The number of phenolic OH excluding ortho intramolecular Hbond substituents is 2. The fourth-order valence-corrected chi connectivity index (χ4v) is 3.57. The van der Waals surface area contributed by atoms with Gasteiger partial charge in [0, 0.05) is 30.4 Å². The van der Waals surface area contributed by atoms with Gasteiger partial charge in [-0.15, -0.1) is 0 Å². The minimum atomic E-state index is -0.492. The SMILES string of the molecule is Cc1ccccc1-n1nccc1-c1cc(C(=O)N(C)Cc2ccc[nH]c2=O)c(O)cc1O. The maximum Gasteiger partial charge on any atom is 0.257 e. The van der Waals surface area contributed by atoms with Crippen molar-refractivity contribution in [2.24, 2.45) is 0 Å². The number of phenols is 2. The first kappa shape index (κ1) is 20.9. The lowest BCUT2D eigenvalue weighted by Gasteiger charge is -2.19. The summed E-state index contributed by atoms with van der Waals surface area (Å²) in [4.78, 5) is 28.9. The highest BCUT2D eigenvalue weighted by Gasteiger charge is 2.22. The molecule has 0 saturated carbocycles. The number of rotatable bonds is 5. The molecule has 8 nitrogen and oxygen atoms in total. The minimum absolute atomic E-state index is 0.00481. The maximum absolute atomic E-state index is 13.1. The Bertz CT molecular complexity index is 1360. The van der Waals surface area contributed by atoms with Crippen molar-refractivity contribution in [3.63, 3.8) is 0 Å². The molecule has 8 heteroatoms. The van der Waals surface area contributed by atoms with Gasteiger partial charge in [0.15, 0.2) is 0 Å². The minimum Gasteiger partial charge on any atom is -0.507 e. The van der Waals surface area contributed by atoms with Gasteiger partial charge < -0.3 is 20.1 Å². The van der Waals surface area contributed by atoms with Crippen molar-refractivity contribution >= 4 is 5.91 Å². The van der Waals surface area contributed by atoms with Crippen molar-refractivity contribution < 1.29 is 15.0 Å². The third kappa shape index (κ3) is 3.85. The third-order valence-electron chi connectivity index (χ3n) is 5.26. The molecule has 0 spiro atoms. The van der Waals surface area contributed by atoms with Gasteiger partial charge in [-0.1, -0.05) is 24.3 Å². The standard InChI is InChI=1S/C24H22N4O4/c1-15-6-3-4-8-19(15)28-20(9-11-26-28)17-12-18(22(30)13-21(17)29)24(32)27(2)14-16-7-5-10-25-23(16)31/h3-13,29-30H,14H2,1-2H3,(H,25,31). The molecule has 0 unspecified atom stereocenters. The van der Waals surface area contributed by atoms with E-state index in [9.17, 15) is 19.8 Å². The van der Waals surface area contributed by atoms with E-state index in [1.54, 1.807) is 36.1 Å². The molecule has 1 amide bonds. The average Bonchev–Trinajstić information content (AvgIpc) is 3.24. The van der Waals surface area contributed by atoms with Crippen molar-refractivity contribution in [2.45, 2.75) is 13.5 Å². The van der Waals surface area contributed by atoms with Crippen molar-refractivity contribution in [2.75, 3.05) is 7.05 Å². The third-order valence-corrected chi connectivity index (χ3v) is 5.26. The summed E-state index contributed by atoms with van der Waals surface area (Å²) in [5.74, 6) is -1.03. The lowest BCUT2D eigenvalue weighted by atomic mass is 10.0. The Morgan fingerprint density at radius 1 is 1.09 bits per heavy atom. The second kappa shape index (κ2) is 8.43. The van der Waals surface area contributed by atoms with Crippen LogP contribution in [0.5, 0.6) is 11.5 Å². The number of carbonyl (C=O) groups excluding carboxylic acids is 1. The summed E-state index contributed by atoms with van der Waals surface area (Å²) in [5.41, 5.74) is 2.86. The molecule has 0 aliphatic carbocycles. The van der Waals surface area contributed by atoms with Crippen LogP contribution in [0.1, 0.15) is 21.5 Å². The number of para-hydroxylation sites is 1. The van der Waals surface area contributed by atoms with Crippen molar-refractivity contribution in [3.8, 4) is 28.4 Å². The number of aromatic nitrogens is 3. The van der Waals surface area contributed by atoms with E-state index in [0.29, 0.717) is 16.8 Å².